The summed E-state index contributed by atoms with van der Waals surface area (Å²) in [6.07, 6.45) is 1.18. The quantitative estimate of drug-likeness (QED) is 0.600. The molecule has 1 fully saturated rings. The molecule has 1 saturated heterocycles. The predicted molar refractivity (Wildman–Crippen MR) is 103 cm³/mol. The first-order valence-corrected chi connectivity index (χ1v) is 8.65. The Morgan fingerprint density at radius 2 is 1.92 bits per heavy atom. The molecule has 0 aliphatic carbocycles. The van der Waals surface area contributed by atoms with E-state index in [1.165, 1.54) is 11.3 Å². The molecule has 5 rings (SSSR count). The predicted octanol–water partition coefficient (Wildman–Crippen LogP) is 3.41. The fraction of sp³-hybridized carbons (Fsp3) is 0.316. The Morgan fingerprint density at radius 3 is 2.77 bits per heavy atom. The van der Waals surface area contributed by atoms with Gasteiger partial charge in [0.1, 0.15) is 12.0 Å². The lowest BCUT2D eigenvalue weighted by atomic mass is 9.93. The highest BCUT2D eigenvalue weighted by Crippen LogP contribution is 2.44. The summed E-state index contributed by atoms with van der Waals surface area (Å²) in [6, 6.07) is 15.6. The fourth-order valence-corrected chi connectivity index (χ4v) is 4.50. The van der Waals surface area contributed by atoms with Gasteiger partial charge in [-0.1, -0.05) is 24.3 Å². The van der Waals surface area contributed by atoms with Crippen LogP contribution in [-0.2, 0) is 0 Å². The second kappa shape index (κ2) is 6.29. The zero-order valence-corrected chi connectivity index (χ0v) is 14.9. The summed E-state index contributed by atoms with van der Waals surface area (Å²) < 4.78 is 0. The van der Waals surface area contributed by atoms with Gasteiger partial charge in [-0.05, 0) is 24.1 Å². The maximum Gasteiger partial charge on any atom is 0.269 e. The van der Waals surface area contributed by atoms with Gasteiger partial charge < -0.3 is 9.80 Å². The van der Waals surface area contributed by atoms with E-state index in [0.717, 1.165) is 37.5 Å². The van der Waals surface area contributed by atoms with Crippen LogP contribution in [0.15, 0.2) is 53.5 Å². The number of nitro benzene ring substituents is 1. The van der Waals surface area contributed by atoms with E-state index in [0.29, 0.717) is 0 Å². The van der Waals surface area contributed by atoms with E-state index in [9.17, 15) is 10.1 Å². The largest absolute Gasteiger partial charge is 0.350 e. The Hall–Kier alpha value is -2.60. The molecule has 26 heavy (non-hydrogen) atoms. The number of rotatable bonds is 2. The van der Waals surface area contributed by atoms with E-state index in [4.69, 9.17) is 4.99 Å². The topological polar surface area (TPSA) is 62.0 Å². The number of non-ortho nitro benzene ring substituents is 1. The molecule has 134 valence electrons. The van der Waals surface area contributed by atoms with Crippen LogP contribution in [0, 0.1) is 10.1 Å². The monoisotopic (exact) mass is 370 g/mol. The highest BCUT2D eigenvalue weighted by molar-refractivity contribution is 6.06. The second-order valence-corrected chi connectivity index (χ2v) is 6.77. The summed E-state index contributed by atoms with van der Waals surface area (Å²) in [7, 11) is 0. The Bertz CT molecular complexity index is 901. The molecule has 0 spiro atoms. The average Bonchev–Trinajstić information content (AvgIpc) is 3.29. The van der Waals surface area contributed by atoms with Crippen LogP contribution in [0.3, 0.4) is 0 Å². The van der Waals surface area contributed by atoms with Gasteiger partial charge in [0.25, 0.3) is 5.69 Å². The number of para-hydroxylation sites is 1. The molecule has 2 atom stereocenters. The molecule has 2 aromatic carbocycles. The molecule has 0 aromatic heterocycles. The third kappa shape index (κ3) is 2.36. The van der Waals surface area contributed by atoms with Crippen molar-refractivity contribution in [3.8, 4) is 0 Å². The van der Waals surface area contributed by atoms with Crippen molar-refractivity contribution in [3.63, 3.8) is 0 Å². The van der Waals surface area contributed by atoms with Gasteiger partial charge >= 0.3 is 0 Å². The summed E-state index contributed by atoms with van der Waals surface area (Å²) in [4.78, 5) is 20.4. The molecule has 0 N–H and O–H groups in total. The SMILES string of the molecule is Cl.O=[N+]([O-])c1cccc(C2CCN3c4ccccc4C4=NCCN4C23)c1. The minimum Gasteiger partial charge on any atom is -0.350 e. The Kier molecular flexibility index (Phi) is 4.07. The van der Waals surface area contributed by atoms with Crippen LogP contribution < -0.4 is 4.90 Å². The van der Waals surface area contributed by atoms with E-state index in [2.05, 4.69) is 34.1 Å². The van der Waals surface area contributed by atoms with Crippen LogP contribution in [-0.4, -0.2) is 41.5 Å². The third-order valence-electron chi connectivity index (χ3n) is 5.52. The van der Waals surface area contributed by atoms with Gasteiger partial charge in [-0.25, -0.2) is 0 Å². The lowest BCUT2D eigenvalue weighted by molar-refractivity contribution is -0.384. The summed E-state index contributed by atoms with van der Waals surface area (Å²) in [5.74, 6) is 1.32. The zero-order valence-electron chi connectivity index (χ0n) is 14.1. The fourth-order valence-electron chi connectivity index (χ4n) is 4.50. The summed E-state index contributed by atoms with van der Waals surface area (Å²) in [5, 5.41) is 11.2. The maximum atomic E-state index is 11.2. The van der Waals surface area contributed by atoms with Crippen molar-refractivity contribution in [1.29, 1.82) is 0 Å². The Labute approximate surface area is 157 Å². The van der Waals surface area contributed by atoms with Crippen molar-refractivity contribution in [3.05, 3.63) is 69.8 Å². The normalized spacial score (nSPS) is 22.8. The van der Waals surface area contributed by atoms with E-state index >= 15 is 0 Å². The Morgan fingerprint density at radius 1 is 1.08 bits per heavy atom. The number of nitrogens with zero attached hydrogens (tertiary/aromatic N) is 4. The number of hydrogen-bond acceptors (Lipinski definition) is 5. The average molecular weight is 371 g/mol. The highest BCUT2D eigenvalue weighted by Gasteiger charge is 2.46. The minimum absolute atomic E-state index is 0. The van der Waals surface area contributed by atoms with Crippen molar-refractivity contribution >= 4 is 29.6 Å². The standard InChI is InChI=1S/C19H18N4O2.ClH/c24-23(25)14-5-3-4-13(12-14)15-8-10-21-17-7-2-1-6-16(17)18-20-9-11-22(18)19(15)21;/h1-7,12,15,19H,8-11H2;1H. The Balaban J connectivity index is 0.00000168. The van der Waals surface area contributed by atoms with E-state index < -0.39 is 0 Å². The van der Waals surface area contributed by atoms with Crippen LogP contribution in [0.4, 0.5) is 11.4 Å². The van der Waals surface area contributed by atoms with Crippen LogP contribution in [0.5, 0.6) is 0 Å². The number of aliphatic imine (C=N–C) groups is 1. The van der Waals surface area contributed by atoms with Crippen molar-refractivity contribution in [2.45, 2.75) is 18.5 Å². The van der Waals surface area contributed by atoms with Gasteiger partial charge in [0.2, 0.25) is 0 Å². The summed E-state index contributed by atoms with van der Waals surface area (Å²) in [5.41, 5.74) is 3.66. The minimum atomic E-state index is -0.310. The number of benzene rings is 2. The number of fused-ring (bicyclic) bond motifs is 6. The molecule has 0 amide bonds. The van der Waals surface area contributed by atoms with Crippen LogP contribution in [0.25, 0.3) is 0 Å². The third-order valence-corrected chi connectivity index (χ3v) is 5.52. The van der Waals surface area contributed by atoms with E-state index in [-0.39, 0.29) is 35.1 Å². The molecular weight excluding hydrogens is 352 g/mol. The number of nitro groups is 1. The molecule has 0 bridgehead atoms. The van der Waals surface area contributed by atoms with Gasteiger partial charge in [0, 0.05) is 42.4 Å². The van der Waals surface area contributed by atoms with Gasteiger partial charge in [-0.3, -0.25) is 15.1 Å². The lowest BCUT2D eigenvalue weighted by Crippen LogP contribution is -2.53. The molecule has 0 saturated carbocycles. The first-order chi connectivity index (χ1) is 12.2. The first-order valence-electron chi connectivity index (χ1n) is 8.65. The molecule has 3 aliphatic rings. The van der Waals surface area contributed by atoms with Gasteiger partial charge in [-0.15, -0.1) is 12.4 Å². The van der Waals surface area contributed by atoms with E-state index in [1.807, 2.05) is 6.07 Å². The second-order valence-electron chi connectivity index (χ2n) is 6.77. The molecule has 0 radical (unpaired) electrons. The number of amidine groups is 1. The van der Waals surface area contributed by atoms with E-state index in [1.54, 1.807) is 18.2 Å². The van der Waals surface area contributed by atoms with Gasteiger partial charge in [0.05, 0.1) is 11.5 Å². The van der Waals surface area contributed by atoms with Crippen LogP contribution in [0.2, 0.25) is 0 Å². The van der Waals surface area contributed by atoms with Gasteiger partial charge in [0.15, 0.2) is 0 Å². The number of anilines is 1. The van der Waals surface area contributed by atoms with Crippen molar-refractivity contribution < 1.29 is 4.92 Å². The van der Waals surface area contributed by atoms with Crippen LogP contribution >= 0.6 is 12.4 Å². The molecule has 2 aromatic rings. The molecule has 6 nitrogen and oxygen atoms in total. The summed E-state index contributed by atoms with van der Waals surface area (Å²) >= 11 is 0. The smallest absolute Gasteiger partial charge is 0.269 e. The van der Waals surface area contributed by atoms with Gasteiger partial charge in [-0.2, -0.15) is 0 Å². The first kappa shape index (κ1) is 16.8. The molecule has 7 heteroatoms. The highest BCUT2D eigenvalue weighted by atomic mass is 35.5. The van der Waals surface area contributed by atoms with Crippen LogP contribution in [0.1, 0.15) is 23.5 Å². The maximum absolute atomic E-state index is 11.2. The molecule has 3 heterocycles. The lowest BCUT2D eigenvalue weighted by Gasteiger charge is -2.43. The molecule has 3 aliphatic heterocycles. The van der Waals surface area contributed by atoms with Crippen molar-refractivity contribution in [2.75, 3.05) is 24.5 Å². The van der Waals surface area contributed by atoms with Crippen molar-refractivity contribution in [2.24, 2.45) is 4.99 Å². The zero-order chi connectivity index (χ0) is 17.0. The summed E-state index contributed by atoms with van der Waals surface area (Å²) in [6.45, 7) is 2.69. The number of halogens is 1. The van der Waals surface area contributed by atoms with Crippen molar-refractivity contribution in [1.82, 2.24) is 4.90 Å². The molecule has 2 unspecified atom stereocenters. The molecular formula is C19H19ClN4O2. The number of hydrogen-bond donors (Lipinski definition) is 0.